The number of aryl methyl sites for hydroxylation is 3. The predicted molar refractivity (Wildman–Crippen MR) is 99.3 cm³/mol. The van der Waals surface area contributed by atoms with Crippen LogP contribution in [0.3, 0.4) is 0 Å². The third kappa shape index (κ3) is 3.56. The molecule has 2 aromatic rings. The molecule has 26 heavy (non-hydrogen) atoms. The molecule has 0 unspecified atom stereocenters. The number of rotatable bonds is 6. The van der Waals surface area contributed by atoms with Gasteiger partial charge in [-0.1, -0.05) is 0 Å². The molecule has 3 heterocycles. The van der Waals surface area contributed by atoms with Crippen LogP contribution in [-0.2, 0) is 29.7 Å². The molecule has 8 nitrogen and oxygen atoms in total. The number of nitrogens with zero attached hydrogens (tertiary/aromatic N) is 6. The zero-order valence-corrected chi connectivity index (χ0v) is 16.8. The first-order valence-electron chi connectivity index (χ1n) is 9.14. The van der Waals surface area contributed by atoms with Crippen LogP contribution in [0.15, 0.2) is 17.3 Å². The Morgan fingerprint density at radius 3 is 2.31 bits per heavy atom. The lowest BCUT2D eigenvalue weighted by atomic mass is 10.2. The van der Waals surface area contributed by atoms with E-state index in [1.165, 1.54) is 11.8 Å². The van der Waals surface area contributed by atoms with Crippen molar-refractivity contribution < 1.29 is 8.42 Å². The fourth-order valence-electron chi connectivity index (χ4n) is 3.39. The van der Waals surface area contributed by atoms with E-state index in [1.807, 2.05) is 25.5 Å². The Morgan fingerprint density at radius 2 is 1.77 bits per heavy atom. The van der Waals surface area contributed by atoms with E-state index in [0.29, 0.717) is 30.2 Å². The Hall–Kier alpha value is -1.71. The summed E-state index contributed by atoms with van der Waals surface area (Å²) in [7, 11) is -3.48. The van der Waals surface area contributed by atoms with E-state index in [1.54, 1.807) is 8.99 Å². The van der Waals surface area contributed by atoms with Gasteiger partial charge in [0.1, 0.15) is 4.90 Å². The number of sulfonamides is 1. The van der Waals surface area contributed by atoms with Crippen molar-refractivity contribution in [2.24, 2.45) is 0 Å². The van der Waals surface area contributed by atoms with E-state index in [2.05, 4.69) is 28.2 Å². The van der Waals surface area contributed by atoms with Crippen molar-refractivity contribution in [1.29, 1.82) is 0 Å². The Kier molecular flexibility index (Phi) is 5.50. The monoisotopic (exact) mass is 380 g/mol. The second-order valence-corrected chi connectivity index (χ2v) is 8.59. The zero-order valence-electron chi connectivity index (χ0n) is 16.0. The van der Waals surface area contributed by atoms with E-state index in [0.717, 1.165) is 31.9 Å². The second kappa shape index (κ2) is 7.50. The summed E-state index contributed by atoms with van der Waals surface area (Å²) in [6.07, 6.45) is 3.56. The van der Waals surface area contributed by atoms with E-state index in [4.69, 9.17) is 0 Å². The van der Waals surface area contributed by atoms with Crippen LogP contribution in [0.2, 0.25) is 0 Å². The molecule has 0 bridgehead atoms. The zero-order chi connectivity index (χ0) is 18.9. The largest absolute Gasteiger partial charge is 0.296 e. The highest BCUT2D eigenvalue weighted by Crippen LogP contribution is 2.21. The molecule has 0 N–H and O–H groups in total. The molecule has 0 aromatic carbocycles. The summed E-state index contributed by atoms with van der Waals surface area (Å²) < 4.78 is 31.1. The van der Waals surface area contributed by atoms with E-state index >= 15 is 0 Å². The standard InChI is InChI=1S/C17H28N6O2S/c1-5-21-13-16(14(3)19-21)12-20-7-9-22(10-8-20)26(24,25)17-11-18-23(6-2)15(17)4/h11,13H,5-10,12H2,1-4H3. The van der Waals surface area contributed by atoms with Crippen molar-refractivity contribution in [2.45, 2.75) is 52.2 Å². The highest BCUT2D eigenvalue weighted by molar-refractivity contribution is 7.89. The lowest BCUT2D eigenvalue weighted by Crippen LogP contribution is -2.48. The van der Waals surface area contributed by atoms with Gasteiger partial charge < -0.3 is 0 Å². The summed E-state index contributed by atoms with van der Waals surface area (Å²) in [5.74, 6) is 0. The quantitative estimate of drug-likeness (QED) is 0.754. The lowest BCUT2D eigenvalue weighted by molar-refractivity contribution is 0.181. The number of hydrogen-bond donors (Lipinski definition) is 0. The van der Waals surface area contributed by atoms with Crippen LogP contribution in [-0.4, -0.2) is 63.4 Å². The van der Waals surface area contributed by atoms with Gasteiger partial charge in [0.15, 0.2) is 0 Å². The molecule has 0 saturated carbocycles. The Bertz CT molecular complexity index is 862. The maximum absolute atomic E-state index is 12.9. The number of aromatic nitrogens is 4. The Labute approximate surface area is 155 Å². The summed E-state index contributed by atoms with van der Waals surface area (Å²) in [4.78, 5) is 2.62. The van der Waals surface area contributed by atoms with Gasteiger partial charge in [-0.05, 0) is 27.7 Å². The van der Waals surface area contributed by atoms with Gasteiger partial charge in [-0.15, -0.1) is 0 Å². The van der Waals surface area contributed by atoms with Crippen LogP contribution in [0.5, 0.6) is 0 Å². The fourth-order valence-corrected chi connectivity index (χ4v) is 4.97. The fraction of sp³-hybridized carbons (Fsp3) is 0.647. The second-order valence-electron chi connectivity index (χ2n) is 6.69. The summed E-state index contributed by atoms with van der Waals surface area (Å²) >= 11 is 0. The molecule has 1 aliphatic heterocycles. The van der Waals surface area contributed by atoms with Crippen LogP contribution in [0, 0.1) is 13.8 Å². The van der Waals surface area contributed by atoms with E-state index in [9.17, 15) is 8.42 Å². The van der Waals surface area contributed by atoms with E-state index in [-0.39, 0.29) is 0 Å². The summed E-state index contributed by atoms with van der Waals surface area (Å²) in [6.45, 7) is 12.6. The smallest absolute Gasteiger partial charge is 0.246 e. The van der Waals surface area contributed by atoms with Gasteiger partial charge in [0, 0.05) is 57.6 Å². The van der Waals surface area contributed by atoms with Crippen LogP contribution >= 0.6 is 0 Å². The van der Waals surface area contributed by atoms with Gasteiger partial charge >= 0.3 is 0 Å². The molecule has 1 saturated heterocycles. The first-order chi connectivity index (χ1) is 12.4. The maximum Gasteiger partial charge on any atom is 0.246 e. The van der Waals surface area contributed by atoms with Gasteiger partial charge in [-0.2, -0.15) is 14.5 Å². The molecule has 0 spiro atoms. The normalized spacial score (nSPS) is 17.1. The minimum Gasteiger partial charge on any atom is -0.296 e. The molecule has 144 valence electrons. The van der Waals surface area contributed by atoms with Crippen molar-refractivity contribution in [3.8, 4) is 0 Å². The molecule has 0 atom stereocenters. The van der Waals surface area contributed by atoms with Gasteiger partial charge in [-0.3, -0.25) is 14.3 Å². The van der Waals surface area contributed by atoms with Crippen molar-refractivity contribution in [2.75, 3.05) is 26.2 Å². The average molecular weight is 381 g/mol. The lowest BCUT2D eigenvalue weighted by Gasteiger charge is -2.33. The molecule has 1 fully saturated rings. The van der Waals surface area contributed by atoms with Crippen LogP contribution in [0.1, 0.15) is 30.8 Å². The third-order valence-corrected chi connectivity index (χ3v) is 7.07. The van der Waals surface area contributed by atoms with Crippen molar-refractivity contribution in [3.63, 3.8) is 0 Å². The SMILES string of the molecule is CCn1cc(CN2CCN(S(=O)(=O)c3cnn(CC)c3C)CC2)c(C)n1. The summed E-state index contributed by atoms with van der Waals surface area (Å²) in [5, 5.41) is 8.66. The molecular weight excluding hydrogens is 352 g/mol. The van der Waals surface area contributed by atoms with Gasteiger partial charge in [0.2, 0.25) is 10.0 Å². The average Bonchev–Trinajstić information content (AvgIpc) is 3.18. The van der Waals surface area contributed by atoms with Gasteiger partial charge in [-0.25, -0.2) is 8.42 Å². The van der Waals surface area contributed by atoms with Crippen LogP contribution < -0.4 is 0 Å². The third-order valence-electron chi connectivity index (χ3n) is 5.07. The van der Waals surface area contributed by atoms with Crippen LogP contribution in [0.25, 0.3) is 0 Å². The topological polar surface area (TPSA) is 76.3 Å². The number of piperazine rings is 1. The first kappa shape index (κ1) is 19.1. The highest BCUT2D eigenvalue weighted by Gasteiger charge is 2.31. The Balaban J connectivity index is 1.65. The minimum absolute atomic E-state index is 0.327. The Morgan fingerprint density at radius 1 is 1.08 bits per heavy atom. The molecule has 0 radical (unpaired) electrons. The maximum atomic E-state index is 12.9. The van der Waals surface area contributed by atoms with Crippen molar-refractivity contribution >= 4 is 10.0 Å². The first-order valence-corrected chi connectivity index (χ1v) is 10.6. The molecule has 0 amide bonds. The number of hydrogen-bond acceptors (Lipinski definition) is 5. The molecular formula is C17H28N6O2S. The summed E-state index contributed by atoms with van der Waals surface area (Å²) in [6, 6.07) is 0. The molecule has 3 rings (SSSR count). The van der Waals surface area contributed by atoms with Crippen molar-refractivity contribution in [3.05, 3.63) is 29.3 Å². The molecule has 2 aromatic heterocycles. The predicted octanol–water partition coefficient (Wildman–Crippen LogP) is 1.24. The van der Waals surface area contributed by atoms with Crippen LogP contribution in [0.4, 0.5) is 0 Å². The van der Waals surface area contributed by atoms with Crippen molar-refractivity contribution in [1.82, 2.24) is 28.8 Å². The highest BCUT2D eigenvalue weighted by atomic mass is 32.2. The van der Waals surface area contributed by atoms with Gasteiger partial charge in [0.05, 0.1) is 17.6 Å². The minimum atomic E-state index is -3.48. The van der Waals surface area contributed by atoms with Gasteiger partial charge in [0.25, 0.3) is 0 Å². The van der Waals surface area contributed by atoms with E-state index < -0.39 is 10.0 Å². The molecule has 0 aliphatic carbocycles. The molecule has 1 aliphatic rings. The molecule has 9 heteroatoms. The summed E-state index contributed by atoms with van der Waals surface area (Å²) in [5.41, 5.74) is 2.96.